The van der Waals surface area contributed by atoms with E-state index in [0.717, 1.165) is 18.3 Å². The van der Waals surface area contributed by atoms with Crippen molar-refractivity contribution in [2.75, 3.05) is 11.9 Å². The lowest BCUT2D eigenvalue weighted by Gasteiger charge is -2.13. The molecule has 0 aliphatic heterocycles. The van der Waals surface area contributed by atoms with Crippen LogP contribution in [0.25, 0.3) is 0 Å². The molecule has 0 saturated heterocycles. The molecule has 3 N–H and O–H groups in total. The number of nitrogens with two attached hydrogens (primary N) is 1. The van der Waals surface area contributed by atoms with E-state index in [1.165, 1.54) is 19.2 Å². The summed E-state index contributed by atoms with van der Waals surface area (Å²) in [6.07, 6.45) is 2.28. The molecule has 0 unspecified atom stereocenters. The number of nitrogens with zero attached hydrogens (tertiary/aromatic N) is 2. The van der Waals surface area contributed by atoms with E-state index in [4.69, 9.17) is 10.5 Å². The molecule has 1 heterocycles. The van der Waals surface area contributed by atoms with Gasteiger partial charge in [-0.25, -0.2) is 22.5 Å². The molecular weight excluding hydrogens is 340 g/mol. The first kappa shape index (κ1) is 18.5. The fourth-order valence-corrected chi connectivity index (χ4v) is 1.82. The summed E-state index contributed by atoms with van der Waals surface area (Å²) < 4.78 is 58.2. The lowest BCUT2D eigenvalue weighted by Crippen LogP contribution is -2.13. The quantitative estimate of drug-likeness (QED) is 0.776. The van der Waals surface area contributed by atoms with Crippen LogP contribution in [0.2, 0.25) is 0 Å². The van der Waals surface area contributed by atoms with Crippen molar-refractivity contribution in [1.29, 1.82) is 0 Å². The molecule has 134 valence electrons. The maximum atomic E-state index is 13.4. The molecule has 9 heteroatoms. The zero-order chi connectivity index (χ0) is 18.6. The van der Waals surface area contributed by atoms with Gasteiger partial charge < -0.3 is 15.8 Å². The van der Waals surface area contributed by atoms with Gasteiger partial charge in [-0.3, -0.25) is 0 Å². The van der Waals surface area contributed by atoms with Gasteiger partial charge in [0.05, 0.1) is 23.2 Å². The maximum Gasteiger partial charge on any atom is 0.317 e. The van der Waals surface area contributed by atoms with E-state index < -0.39 is 23.1 Å². The minimum atomic E-state index is -3.31. The van der Waals surface area contributed by atoms with Gasteiger partial charge >= 0.3 is 6.01 Å². The summed E-state index contributed by atoms with van der Waals surface area (Å²) in [7, 11) is 0. The molecule has 0 bridgehead atoms. The summed E-state index contributed by atoms with van der Waals surface area (Å²) in [4.78, 5) is 7.42. The van der Waals surface area contributed by atoms with E-state index in [-0.39, 0.29) is 29.7 Å². The van der Waals surface area contributed by atoms with E-state index >= 15 is 0 Å². The SMILES string of the molecule is Cc1nc(OC/C(N)=C/Nc2ccc(F)c(C(C)(F)F)c2)ncc1F. The molecule has 0 aliphatic carbocycles. The number of hydrogen-bond acceptors (Lipinski definition) is 5. The summed E-state index contributed by atoms with van der Waals surface area (Å²) in [6, 6.07) is 3.17. The topological polar surface area (TPSA) is 73.1 Å². The first-order valence-corrected chi connectivity index (χ1v) is 7.17. The van der Waals surface area contributed by atoms with Crippen molar-refractivity contribution < 1.29 is 22.3 Å². The molecule has 0 aliphatic rings. The van der Waals surface area contributed by atoms with Crippen molar-refractivity contribution in [1.82, 2.24) is 9.97 Å². The molecule has 0 spiro atoms. The molecule has 5 nitrogen and oxygen atoms in total. The minimum Gasteiger partial charge on any atom is -0.457 e. The second kappa shape index (κ2) is 7.37. The van der Waals surface area contributed by atoms with Crippen LogP contribution in [0.3, 0.4) is 0 Å². The lowest BCUT2D eigenvalue weighted by molar-refractivity contribution is 0.0138. The zero-order valence-corrected chi connectivity index (χ0v) is 13.5. The monoisotopic (exact) mass is 356 g/mol. The number of alkyl halides is 2. The van der Waals surface area contributed by atoms with Crippen LogP contribution >= 0.6 is 0 Å². The predicted octanol–water partition coefficient (Wildman–Crippen LogP) is 3.47. The van der Waals surface area contributed by atoms with Crippen LogP contribution in [-0.2, 0) is 5.92 Å². The van der Waals surface area contributed by atoms with Crippen LogP contribution in [0.5, 0.6) is 6.01 Å². The van der Waals surface area contributed by atoms with Gasteiger partial charge in [-0.2, -0.15) is 4.98 Å². The van der Waals surface area contributed by atoms with Gasteiger partial charge in [-0.05, 0) is 25.1 Å². The molecular formula is C16H16F4N4O. The molecule has 0 atom stereocenters. The maximum absolute atomic E-state index is 13.4. The average molecular weight is 356 g/mol. The second-order valence-electron chi connectivity index (χ2n) is 5.32. The Morgan fingerprint density at radius 1 is 1.32 bits per heavy atom. The Balaban J connectivity index is 2.00. The van der Waals surface area contributed by atoms with E-state index in [0.29, 0.717) is 6.92 Å². The van der Waals surface area contributed by atoms with Crippen molar-refractivity contribution in [3.8, 4) is 6.01 Å². The van der Waals surface area contributed by atoms with E-state index in [1.54, 1.807) is 0 Å². The molecule has 0 fully saturated rings. The molecule has 2 aromatic rings. The van der Waals surface area contributed by atoms with Gasteiger partial charge in [0.1, 0.15) is 12.4 Å². The highest BCUT2D eigenvalue weighted by Gasteiger charge is 2.28. The smallest absolute Gasteiger partial charge is 0.317 e. The molecule has 1 aromatic carbocycles. The van der Waals surface area contributed by atoms with Crippen LogP contribution in [-0.4, -0.2) is 16.6 Å². The number of halogens is 4. The Morgan fingerprint density at radius 3 is 2.68 bits per heavy atom. The number of aryl methyl sites for hydroxylation is 1. The van der Waals surface area contributed by atoms with Gasteiger partial charge in [0.25, 0.3) is 5.92 Å². The first-order chi connectivity index (χ1) is 11.7. The van der Waals surface area contributed by atoms with Crippen molar-refractivity contribution in [2.24, 2.45) is 5.73 Å². The number of rotatable bonds is 6. The van der Waals surface area contributed by atoms with E-state index in [9.17, 15) is 17.6 Å². The van der Waals surface area contributed by atoms with Crippen LogP contribution in [0.4, 0.5) is 23.2 Å². The summed E-state index contributed by atoms with van der Waals surface area (Å²) in [5.74, 6) is -4.86. The summed E-state index contributed by atoms with van der Waals surface area (Å²) in [6.45, 7) is 1.95. The normalized spacial score (nSPS) is 12.2. The number of hydrogen-bond donors (Lipinski definition) is 2. The number of nitrogens with one attached hydrogen (secondary N) is 1. The van der Waals surface area contributed by atoms with Crippen molar-refractivity contribution in [2.45, 2.75) is 19.8 Å². The van der Waals surface area contributed by atoms with E-state index in [2.05, 4.69) is 15.3 Å². The van der Waals surface area contributed by atoms with Crippen LogP contribution in [0.1, 0.15) is 18.2 Å². The molecule has 0 saturated carbocycles. The number of aromatic nitrogens is 2. The summed E-state index contributed by atoms with van der Waals surface area (Å²) >= 11 is 0. The highest BCUT2D eigenvalue weighted by molar-refractivity contribution is 5.49. The standard InChI is InChI=1S/C16H16F4N4O/c1-9-14(18)7-23-15(24-9)25-8-10(21)6-22-11-3-4-13(17)12(5-11)16(2,19)20/h3-7,22H,8,21H2,1-2H3/b10-6-. The van der Waals surface area contributed by atoms with Gasteiger partial charge in [0, 0.05) is 18.8 Å². The van der Waals surface area contributed by atoms with Gasteiger partial charge in [0.15, 0.2) is 5.82 Å². The predicted molar refractivity (Wildman–Crippen MR) is 84.1 cm³/mol. The Hall–Kier alpha value is -2.84. The third-order valence-corrected chi connectivity index (χ3v) is 3.13. The van der Waals surface area contributed by atoms with Crippen molar-refractivity contribution in [3.63, 3.8) is 0 Å². The van der Waals surface area contributed by atoms with Crippen molar-refractivity contribution in [3.05, 3.63) is 59.2 Å². The third-order valence-electron chi connectivity index (χ3n) is 3.13. The fraction of sp³-hybridized carbons (Fsp3) is 0.250. The van der Waals surface area contributed by atoms with Gasteiger partial charge in [-0.15, -0.1) is 0 Å². The minimum absolute atomic E-state index is 0.0510. The van der Waals surface area contributed by atoms with Crippen LogP contribution in [0.15, 0.2) is 36.3 Å². The second-order valence-corrected chi connectivity index (χ2v) is 5.32. The Morgan fingerprint density at radius 2 is 2.04 bits per heavy atom. The number of ether oxygens (including phenoxy) is 1. The molecule has 1 aromatic heterocycles. The highest BCUT2D eigenvalue weighted by atomic mass is 19.3. The first-order valence-electron chi connectivity index (χ1n) is 7.17. The number of benzene rings is 1. The molecule has 25 heavy (non-hydrogen) atoms. The Labute approximate surface area is 141 Å². The Kier molecular flexibility index (Phi) is 5.45. The summed E-state index contributed by atoms with van der Waals surface area (Å²) in [5, 5.41) is 2.67. The van der Waals surface area contributed by atoms with Gasteiger partial charge in [-0.1, -0.05) is 0 Å². The Bertz CT molecular complexity index is 790. The highest BCUT2D eigenvalue weighted by Crippen LogP contribution is 2.31. The van der Waals surface area contributed by atoms with Crippen LogP contribution < -0.4 is 15.8 Å². The van der Waals surface area contributed by atoms with E-state index in [1.807, 2.05) is 0 Å². The fourth-order valence-electron chi connectivity index (χ4n) is 1.82. The van der Waals surface area contributed by atoms with Gasteiger partial charge in [0.2, 0.25) is 0 Å². The molecule has 2 rings (SSSR count). The zero-order valence-electron chi connectivity index (χ0n) is 13.5. The van der Waals surface area contributed by atoms with Crippen molar-refractivity contribution >= 4 is 5.69 Å². The summed E-state index contributed by atoms with van der Waals surface area (Å²) in [5.41, 5.74) is 5.54. The average Bonchev–Trinajstić information content (AvgIpc) is 2.54. The van der Waals surface area contributed by atoms with Crippen LogP contribution in [0, 0.1) is 18.6 Å². The largest absolute Gasteiger partial charge is 0.457 e. The lowest BCUT2D eigenvalue weighted by atomic mass is 10.1. The third kappa shape index (κ3) is 5.07. The molecule has 0 radical (unpaired) electrons. The number of anilines is 1. The molecule has 0 amide bonds.